The highest BCUT2D eigenvalue weighted by Crippen LogP contribution is 2.49. The van der Waals surface area contributed by atoms with E-state index in [4.69, 9.17) is 9.47 Å². The molecule has 1 atom stereocenters. The van der Waals surface area contributed by atoms with Gasteiger partial charge in [0.25, 0.3) is 0 Å². The fourth-order valence-electron chi connectivity index (χ4n) is 3.70. The number of benzene rings is 2. The first-order chi connectivity index (χ1) is 14.5. The number of carbonyl (C=O) groups is 2. The minimum absolute atomic E-state index is 0.133. The van der Waals surface area contributed by atoms with E-state index >= 15 is 0 Å². The highest BCUT2D eigenvalue weighted by Gasteiger charge is 2.34. The molecular weight excluding hydrogens is 402 g/mol. The molecule has 0 spiro atoms. The van der Waals surface area contributed by atoms with Gasteiger partial charge in [0.15, 0.2) is 0 Å². The predicted molar refractivity (Wildman–Crippen MR) is 116 cm³/mol. The standard InChI is InChI=1S/C23H21NO5S/c1-3-29-16-10-4-13(5-11-16)17-12-18(25)24-20-19(22(23(26)27)30-21(17)20)14-6-8-15(28-2)9-7-14/h4-11,17H,3,12H2,1-2H3,(H,24,25)(H,26,27)/t17-/m1/s1. The summed E-state index contributed by atoms with van der Waals surface area (Å²) in [7, 11) is 1.58. The van der Waals surface area contributed by atoms with Crippen molar-refractivity contribution in [1.82, 2.24) is 0 Å². The maximum atomic E-state index is 12.5. The quantitative estimate of drug-likeness (QED) is 0.583. The Morgan fingerprint density at radius 1 is 1.13 bits per heavy atom. The smallest absolute Gasteiger partial charge is 0.346 e. The molecule has 0 saturated carbocycles. The molecular formula is C23H21NO5S. The summed E-state index contributed by atoms with van der Waals surface area (Å²) >= 11 is 1.22. The van der Waals surface area contributed by atoms with Gasteiger partial charge in [-0.1, -0.05) is 24.3 Å². The van der Waals surface area contributed by atoms with Gasteiger partial charge in [0.05, 0.1) is 19.4 Å². The first-order valence-corrected chi connectivity index (χ1v) is 10.4. The Balaban J connectivity index is 1.83. The Morgan fingerprint density at radius 3 is 2.40 bits per heavy atom. The van der Waals surface area contributed by atoms with E-state index in [1.165, 1.54) is 11.3 Å². The van der Waals surface area contributed by atoms with Crippen LogP contribution in [0.1, 0.15) is 39.4 Å². The summed E-state index contributed by atoms with van der Waals surface area (Å²) in [6, 6.07) is 14.8. The van der Waals surface area contributed by atoms with Crippen LogP contribution in [0.2, 0.25) is 0 Å². The van der Waals surface area contributed by atoms with E-state index in [9.17, 15) is 14.7 Å². The summed E-state index contributed by atoms with van der Waals surface area (Å²) in [4.78, 5) is 25.6. The second-order valence-corrected chi connectivity index (χ2v) is 7.94. The molecule has 3 aromatic rings. The molecule has 0 unspecified atom stereocenters. The molecule has 154 valence electrons. The summed E-state index contributed by atoms with van der Waals surface area (Å²) < 4.78 is 10.7. The average molecular weight is 423 g/mol. The van der Waals surface area contributed by atoms with Crippen molar-refractivity contribution in [2.45, 2.75) is 19.3 Å². The fraction of sp³-hybridized carbons (Fsp3) is 0.217. The minimum Gasteiger partial charge on any atom is -0.497 e. The van der Waals surface area contributed by atoms with E-state index in [1.54, 1.807) is 31.4 Å². The van der Waals surface area contributed by atoms with Gasteiger partial charge in [-0.05, 0) is 42.3 Å². The molecule has 2 N–H and O–H groups in total. The molecule has 2 heterocycles. The predicted octanol–water partition coefficient (Wildman–Crippen LogP) is 4.99. The largest absolute Gasteiger partial charge is 0.497 e. The number of carbonyl (C=O) groups excluding carboxylic acids is 1. The molecule has 1 aliphatic heterocycles. The lowest BCUT2D eigenvalue weighted by Crippen LogP contribution is -2.22. The molecule has 0 radical (unpaired) electrons. The number of thiophene rings is 1. The normalized spacial score (nSPS) is 15.3. The lowest BCUT2D eigenvalue weighted by atomic mass is 9.88. The van der Waals surface area contributed by atoms with E-state index in [2.05, 4.69) is 5.32 Å². The number of carboxylic acid groups (broad SMARTS) is 1. The van der Waals surface area contributed by atoms with Gasteiger partial charge in [-0.2, -0.15) is 0 Å². The molecule has 4 rings (SSSR count). The van der Waals surface area contributed by atoms with E-state index in [0.717, 1.165) is 21.8 Å². The van der Waals surface area contributed by atoms with Gasteiger partial charge >= 0.3 is 5.97 Å². The number of nitrogens with one attached hydrogen (secondary N) is 1. The SMILES string of the molecule is CCOc1ccc([C@H]2CC(=O)Nc3c2sc(C(=O)O)c3-c2ccc(OC)cc2)cc1. The maximum absolute atomic E-state index is 12.5. The number of amides is 1. The van der Waals surface area contributed by atoms with Crippen LogP contribution in [0.5, 0.6) is 11.5 Å². The number of rotatable bonds is 6. The molecule has 1 aliphatic rings. The second-order valence-electron chi connectivity index (χ2n) is 6.89. The molecule has 30 heavy (non-hydrogen) atoms. The Bertz CT molecular complexity index is 1090. The number of hydrogen-bond donors (Lipinski definition) is 2. The first kappa shape index (κ1) is 20.0. The Kier molecular flexibility index (Phi) is 5.46. The summed E-state index contributed by atoms with van der Waals surface area (Å²) in [5.41, 5.74) is 2.79. The summed E-state index contributed by atoms with van der Waals surface area (Å²) in [5.74, 6) is 0.0828. The van der Waals surface area contributed by atoms with Crippen LogP contribution in [-0.2, 0) is 4.79 Å². The van der Waals surface area contributed by atoms with Gasteiger partial charge in [-0.25, -0.2) is 4.79 Å². The van der Waals surface area contributed by atoms with Gasteiger partial charge in [0.2, 0.25) is 5.91 Å². The van der Waals surface area contributed by atoms with Crippen molar-refractivity contribution in [3.63, 3.8) is 0 Å². The summed E-state index contributed by atoms with van der Waals surface area (Å²) in [6.07, 6.45) is 0.266. The number of ether oxygens (including phenoxy) is 2. The molecule has 0 aliphatic carbocycles. The van der Waals surface area contributed by atoms with Crippen LogP contribution in [0.25, 0.3) is 11.1 Å². The van der Waals surface area contributed by atoms with Gasteiger partial charge < -0.3 is 19.9 Å². The van der Waals surface area contributed by atoms with E-state index < -0.39 is 5.97 Å². The van der Waals surface area contributed by atoms with Crippen molar-refractivity contribution in [2.24, 2.45) is 0 Å². The third kappa shape index (κ3) is 3.64. The molecule has 7 heteroatoms. The van der Waals surface area contributed by atoms with Crippen LogP contribution < -0.4 is 14.8 Å². The van der Waals surface area contributed by atoms with Crippen molar-refractivity contribution >= 4 is 28.9 Å². The second kappa shape index (κ2) is 8.20. The molecule has 1 amide bonds. The Morgan fingerprint density at radius 2 is 1.80 bits per heavy atom. The van der Waals surface area contributed by atoms with Crippen molar-refractivity contribution in [3.05, 3.63) is 63.8 Å². The first-order valence-electron chi connectivity index (χ1n) is 9.58. The highest BCUT2D eigenvalue weighted by atomic mass is 32.1. The third-order valence-corrected chi connectivity index (χ3v) is 6.36. The van der Waals surface area contributed by atoms with E-state index in [1.807, 2.05) is 31.2 Å². The average Bonchev–Trinajstić information content (AvgIpc) is 3.13. The Hall–Kier alpha value is -3.32. The van der Waals surface area contributed by atoms with Crippen molar-refractivity contribution in [1.29, 1.82) is 0 Å². The van der Waals surface area contributed by atoms with Crippen molar-refractivity contribution in [2.75, 3.05) is 19.0 Å². The van der Waals surface area contributed by atoms with Gasteiger partial charge in [0, 0.05) is 22.8 Å². The number of aromatic carboxylic acids is 1. The van der Waals surface area contributed by atoms with Crippen LogP contribution in [0.3, 0.4) is 0 Å². The van der Waals surface area contributed by atoms with Crippen LogP contribution in [0.15, 0.2) is 48.5 Å². The number of methoxy groups -OCH3 is 1. The van der Waals surface area contributed by atoms with Gasteiger partial charge in [-0.15, -0.1) is 11.3 Å². The molecule has 2 aromatic carbocycles. The van der Waals surface area contributed by atoms with Crippen molar-refractivity contribution < 1.29 is 24.2 Å². The molecule has 0 bridgehead atoms. The molecule has 0 saturated heterocycles. The zero-order valence-electron chi connectivity index (χ0n) is 16.6. The van der Waals surface area contributed by atoms with Crippen molar-refractivity contribution in [3.8, 4) is 22.6 Å². The molecule has 6 nitrogen and oxygen atoms in total. The number of anilines is 1. The zero-order chi connectivity index (χ0) is 21.3. The van der Waals surface area contributed by atoms with Crippen LogP contribution in [0, 0.1) is 0 Å². The van der Waals surface area contributed by atoms with E-state index in [-0.39, 0.29) is 23.1 Å². The topological polar surface area (TPSA) is 84.9 Å². The van der Waals surface area contributed by atoms with Gasteiger partial charge in [-0.3, -0.25) is 4.79 Å². The number of carboxylic acids is 1. The highest BCUT2D eigenvalue weighted by molar-refractivity contribution is 7.15. The third-order valence-electron chi connectivity index (χ3n) is 5.07. The lowest BCUT2D eigenvalue weighted by molar-refractivity contribution is -0.116. The van der Waals surface area contributed by atoms with Gasteiger partial charge in [0.1, 0.15) is 16.4 Å². The summed E-state index contributed by atoms with van der Waals surface area (Å²) in [5, 5.41) is 12.8. The van der Waals surface area contributed by atoms with Crippen LogP contribution in [-0.4, -0.2) is 30.7 Å². The van der Waals surface area contributed by atoms with Crippen LogP contribution in [0.4, 0.5) is 5.69 Å². The Labute approximate surface area is 178 Å². The summed E-state index contributed by atoms with van der Waals surface area (Å²) in [6.45, 7) is 2.50. The lowest BCUT2D eigenvalue weighted by Gasteiger charge is -2.24. The fourth-order valence-corrected chi connectivity index (χ4v) is 4.95. The molecule has 0 fully saturated rings. The number of fused-ring (bicyclic) bond motifs is 1. The molecule has 1 aromatic heterocycles. The number of hydrogen-bond acceptors (Lipinski definition) is 5. The maximum Gasteiger partial charge on any atom is 0.346 e. The van der Waals surface area contributed by atoms with Crippen LogP contribution >= 0.6 is 11.3 Å². The monoisotopic (exact) mass is 423 g/mol. The minimum atomic E-state index is -1.01. The van der Waals surface area contributed by atoms with E-state index in [0.29, 0.717) is 23.6 Å². The zero-order valence-corrected chi connectivity index (χ0v) is 17.4.